The Morgan fingerprint density at radius 1 is 1.08 bits per heavy atom. The molecule has 0 amide bonds. The van der Waals surface area contributed by atoms with E-state index < -0.39 is 0 Å². The Morgan fingerprint density at radius 2 is 1.92 bits per heavy atom. The molecule has 0 aliphatic carbocycles. The third-order valence-electron chi connectivity index (χ3n) is 3.75. The van der Waals surface area contributed by atoms with Crippen molar-refractivity contribution in [2.24, 2.45) is 7.05 Å². The molecule has 3 heterocycles. The van der Waals surface area contributed by atoms with Gasteiger partial charge in [0.15, 0.2) is 5.65 Å². The van der Waals surface area contributed by atoms with Gasteiger partial charge in [-0.3, -0.25) is 4.68 Å². The number of anilines is 1. The Morgan fingerprint density at radius 3 is 2.67 bits per heavy atom. The van der Waals surface area contributed by atoms with Gasteiger partial charge < -0.3 is 5.32 Å². The number of benzene rings is 1. The molecule has 7 heteroatoms. The minimum atomic E-state index is -0.238. The largest absolute Gasteiger partial charge is 0.365 e. The van der Waals surface area contributed by atoms with Crippen molar-refractivity contribution in [3.05, 3.63) is 66.4 Å². The molecule has 120 valence electrons. The minimum absolute atomic E-state index is 0.238. The van der Waals surface area contributed by atoms with Crippen LogP contribution in [-0.2, 0) is 13.6 Å². The van der Waals surface area contributed by atoms with Gasteiger partial charge >= 0.3 is 0 Å². The first-order chi connectivity index (χ1) is 11.7. The van der Waals surface area contributed by atoms with Crippen molar-refractivity contribution in [1.82, 2.24) is 24.4 Å². The number of halogens is 1. The Bertz CT molecular complexity index is 986. The van der Waals surface area contributed by atoms with E-state index in [1.807, 2.05) is 25.4 Å². The Hall–Kier alpha value is -3.22. The Kier molecular flexibility index (Phi) is 3.45. The first-order valence-corrected chi connectivity index (χ1v) is 7.51. The van der Waals surface area contributed by atoms with Gasteiger partial charge in [-0.2, -0.15) is 5.10 Å². The highest BCUT2D eigenvalue weighted by Crippen LogP contribution is 2.20. The van der Waals surface area contributed by atoms with Gasteiger partial charge in [-0.25, -0.2) is 13.9 Å². The van der Waals surface area contributed by atoms with E-state index >= 15 is 0 Å². The third-order valence-corrected chi connectivity index (χ3v) is 3.75. The molecule has 6 nitrogen and oxygen atoms in total. The molecule has 0 atom stereocenters. The van der Waals surface area contributed by atoms with Crippen molar-refractivity contribution in [3.8, 4) is 11.3 Å². The second-order valence-corrected chi connectivity index (χ2v) is 5.51. The second kappa shape index (κ2) is 5.77. The van der Waals surface area contributed by atoms with Gasteiger partial charge in [-0.15, -0.1) is 5.10 Å². The highest BCUT2D eigenvalue weighted by molar-refractivity contribution is 5.62. The number of nitrogens with zero attached hydrogens (tertiary/aromatic N) is 5. The highest BCUT2D eigenvalue weighted by Gasteiger charge is 2.09. The van der Waals surface area contributed by atoms with E-state index in [1.54, 1.807) is 33.7 Å². The lowest BCUT2D eigenvalue weighted by Gasteiger charge is -2.07. The SMILES string of the molecule is Cn1cc(-c2cnc3ccc(NCc4ccc(F)cc4)nn23)cn1. The standard InChI is InChI=1S/C17H15FN6/c1-23-11-13(9-21-23)15-10-20-17-7-6-16(22-24(15)17)19-8-12-2-4-14(18)5-3-12/h2-7,9-11H,8H2,1H3,(H,19,22). The quantitative estimate of drug-likeness (QED) is 0.627. The summed E-state index contributed by atoms with van der Waals surface area (Å²) < 4.78 is 16.5. The molecule has 0 radical (unpaired) electrons. The highest BCUT2D eigenvalue weighted by atomic mass is 19.1. The average Bonchev–Trinajstić information content (AvgIpc) is 3.20. The van der Waals surface area contributed by atoms with Gasteiger partial charge in [0.25, 0.3) is 0 Å². The van der Waals surface area contributed by atoms with Crippen molar-refractivity contribution < 1.29 is 4.39 Å². The summed E-state index contributed by atoms with van der Waals surface area (Å²) in [4.78, 5) is 4.37. The number of aryl methyl sites for hydroxylation is 1. The molecule has 0 unspecified atom stereocenters. The lowest BCUT2D eigenvalue weighted by molar-refractivity contribution is 0.627. The van der Waals surface area contributed by atoms with Crippen LogP contribution in [0.25, 0.3) is 16.9 Å². The monoisotopic (exact) mass is 322 g/mol. The van der Waals surface area contributed by atoms with Gasteiger partial charge in [0, 0.05) is 25.4 Å². The van der Waals surface area contributed by atoms with Crippen molar-refractivity contribution in [3.63, 3.8) is 0 Å². The van der Waals surface area contributed by atoms with E-state index in [0.29, 0.717) is 6.54 Å². The fraction of sp³-hybridized carbons (Fsp3) is 0.118. The van der Waals surface area contributed by atoms with Crippen LogP contribution < -0.4 is 5.32 Å². The molecule has 4 rings (SSSR count). The lowest BCUT2D eigenvalue weighted by Crippen LogP contribution is -2.04. The zero-order chi connectivity index (χ0) is 16.5. The Labute approximate surface area is 137 Å². The van der Waals surface area contributed by atoms with Gasteiger partial charge in [-0.1, -0.05) is 12.1 Å². The number of aromatic nitrogens is 5. The molecular formula is C17H15FN6. The summed E-state index contributed by atoms with van der Waals surface area (Å²) >= 11 is 0. The summed E-state index contributed by atoms with van der Waals surface area (Å²) in [7, 11) is 1.87. The molecule has 4 aromatic rings. The summed E-state index contributed by atoms with van der Waals surface area (Å²) in [6, 6.07) is 10.2. The van der Waals surface area contributed by atoms with Gasteiger partial charge in [0.05, 0.1) is 18.1 Å². The lowest BCUT2D eigenvalue weighted by atomic mass is 10.2. The topological polar surface area (TPSA) is 60.0 Å². The van der Waals surface area contributed by atoms with Crippen LogP contribution in [0.4, 0.5) is 10.2 Å². The average molecular weight is 322 g/mol. The number of hydrogen-bond acceptors (Lipinski definition) is 4. The summed E-state index contributed by atoms with van der Waals surface area (Å²) in [5.41, 5.74) is 3.58. The van der Waals surface area contributed by atoms with Gasteiger partial charge in [-0.05, 0) is 29.8 Å². The van der Waals surface area contributed by atoms with Crippen molar-refractivity contribution in [2.45, 2.75) is 6.54 Å². The van der Waals surface area contributed by atoms with Gasteiger partial charge in [0.2, 0.25) is 0 Å². The number of rotatable bonds is 4. The van der Waals surface area contributed by atoms with Crippen LogP contribution >= 0.6 is 0 Å². The maximum Gasteiger partial charge on any atom is 0.154 e. The maximum atomic E-state index is 12.9. The first-order valence-electron chi connectivity index (χ1n) is 7.51. The van der Waals surface area contributed by atoms with E-state index in [4.69, 9.17) is 0 Å². The van der Waals surface area contributed by atoms with Crippen LogP contribution in [0.1, 0.15) is 5.56 Å². The van der Waals surface area contributed by atoms with Crippen LogP contribution in [0, 0.1) is 5.82 Å². The minimum Gasteiger partial charge on any atom is -0.365 e. The van der Waals surface area contributed by atoms with Crippen LogP contribution in [-0.4, -0.2) is 24.4 Å². The van der Waals surface area contributed by atoms with E-state index in [9.17, 15) is 4.39 Å². The van der Waals surface area contributed by atoms with Crippen LogP contribution in [0.15, 0.2) is 55.0 Å². The second-order valence-electron chi connectivity index (χ2n) is 5.51. The summed E-state index contributed by atoms with van der Waals surface area (Å²) in [5.74, 6) is 0.479. The fourth-order valence-corrected chi connectivity index (χ4v) is 2.51. The molecule has 0 aliphatic heterocycles. The number of imidazole rings is 1. The predicted octanol–water partition coefficient (Wildman–Crippen LogP) is 2.88. The normalized spacial score (nSPS) is 11.1. The van der Waals surface area contributed by atoms with Crippen molar-refractivity contribution in [1.29, 1.82) is 0 Å². The molecule has 0 aliphatic rings. The number of nitrogens with one attached hydrogen (secondary N) is 1. The van der Waals surface area contributed by atoms with E-state index in [1.165, 1.54) is 12.1 Å². The van der Waals surface area contributed by atoms with Crippen LogP contribution in [0.3, 0.4) is 0 Å². The molecule has 0 saturated carbocycles. The van der Waals surface area contributed by atoms with Crippen molar-refractivity contribution >= 4 is 11.5 Å². The smallest absolute Gasteiger partial charge is 0.154 e. The molecule has 0 spiro atoms. The number of fused-ring (bicyclic) bond motifs is 1. The third kappa shape index (κ3) is 2.71. The van der Waals surface area contributed by atoms with Crippen molar-refractivity contribution in [2.75, 3.05) is 5.32 Å². The summed E-state index contributed by atoms with van der Waals surface area (Å²) in [6.07, 6.45) is 5.48. The van der Waals surface area contributed by atoms with Crippen LogP contribution in [0.5, 0.6) is 0 Å². The number of hydrogen-bond donors (Lipinski definition) is 1. The van der Waals surface area contributed by atoms with Gasteiger partial charge in [0.1, 0.15) is 11.6 Å². The summed E-state index contributed by atoms with van der Waals surface area (Å²) in [6.45, 7) is 0.565. The molecule has 24 heavy (non-hydrogen) atoms. The Balaban J connectivity index is 1.61. The van der Waals surface area contributed by atoms with E-state index in [2.05, 4.69) is 20.5 Å². The molecule has 3 aromatic heterocycles. The molecular weight excluding hydrogens is 307 g/mol. The predicted molar refractivity (Wildman–Crippen MR) is 88.9 cm³/mol. The first kappa shape index (κ1) is 14.4. The molecule has 1 N–H and O–H groups in total. The molecule has 0 bridgehead atoms. The molecule has 0 saturated heterocycles. The summed E-state index contributed by atoms with van der Waals surface area (Å²) in [5, 5.41) is 12.0. The zero-order valence-corrected chi connectivity index (χ0v) is 13.0. The molecule has 1 aromatic carbocycles. The van der Waals surface area contributed by atoms with Crippen LogP contribution in [0.2, 0.25) is 0 Å². The molecule has 0 fully saturated rings. The fourth-order valence-electron chi connectivity index (χ4n) is 2.51. The van der Waals surface area contributed by atoms with E-state index in [0.717, 1.165) is 28.3 Å². The zero-order valence-electron chi connectivity index (χ0n) is 13.0. The van der Waals surface area contributed by atoms with E-state index in [-0.39, 0.29) is 5.82 Å². The maximum absolute atomic E-state index is 12.9.